The zero-order valence-electron chi connectivity index (χ0n) is 16.3. The number of rotatable bonds is 2. The van der Waals surface area contributed by atoms with Crippen molar-refractivity contribution in [2.24, 2.45) is 5.18 Å². The molecule has 1 heterocycles. The molecule has 0 unspecified atom stereocenters. The van der Waals surface area contributed by atoms with Crippen molar-refractivity contribution in [3.8, 4) is 11.3 Å². The Labute approximate surface area is 165 Å². The summed E-state index contributed by atoms with van der Waals surface area (Å²) in [5.74, 6) is 0. The standard InChI is InChI=1S/C21H19F3N2O3/c1-12-9-13-10-18(14-7-5-6-8-15(14)21(22,23)24)26(17(13)11-16(12)25-28)19(27)29-20(2,3)4/h5-11H,1-4H3. The van der Waals surface area contributed by atoms with Gasteiger partial charge in [0, 0.05) is 10.9 Å². The zero-order chi connectivity index (χ0) is 21.6. The Bertz CT molecular complexity index is 1110. The predicted octanol–water partition coefficient (Wildman–Crippen LogP) is 6.82. The lowest BCUT2D eigenvalue weighted by molar-refractivity contribution is -0.137. The molecule has 3 aromatic rings. The Kier molecular flexibility index (Phi) is 4.98. The molecule has 152 valence electrons. The van der Waals surface area contributed by atoms with Gasteiger partial charge in [-0.05, 0) is 62.7 Å². The molecular weight excluding hydrogens is 385 g/mol. The number of aryl methyl sites for hydroxylation is 1. The highest BCUT2D eigenvalue weighted by atomic mass is 19.4. The van der Waals surface area contributed by atoms with E-state index in [9.17, 15) is 22.9 Å². The summed E-state index contributed by atoms with van der Waals surface area (Å²) in [5, 5.41) is 3.43. The second kappa shape index (κ2) is 7.02. The lowest BCUT2D eigenvalue weighted by atomic mass is 10.0. The number of carbonyl (C=O) groups is 1. The van der Waals surface area contributed by atoms with Gasteiger partial charge in [0.1, 0.15) is 11.3 Å². The molecule has 0 bridgehead atoms. The van der Waals surface area contributed by atoms with Gasteiger partial charge < -0.3 is 4.74 Å². The molecule has 0 aliphatic rings. The number of nitrogens with zero attached hydrogens (tertiary/aromatic N) is 2. The Balaban J connectivity index is 2.37. The van der Waals surface area contributed by atoms with Crippen molar-refractivity contribution in [1.29, 1.82) is 0 Å². The van der Waals surface area contributed by atoms with Crippen molar-refractivity contribution in [2.45, 2.75) is 39.5 Å². The van der Waals surface area contributed by atoms with E-state index in [-0.39, 0.29) is 22.5 Å². The Morgan fingerprint density at radius 2 is 1.72 bits per heavy atom. The lowest BCUT2D eigenvalue weighted by Crippen LogP contribution is -2.27. The number of fused-ring (bicyclic) bond motifs is 1. The lowest BCUT2D eigenvalue weighted by Gasteiger charge is -2.21. The fourth-order valence-electron chi connectivity index (χ4n) is 3.11. The van der Waals surface area contributed by atoms with E-state index >= 15 is 0 Å². The highest BCUT2D eigenvalue weighted by Crippen LogP contribution is 2.40. The number of hydrogen-bond acceptors (Lipinski definition) is 4. The van der Waals surface area contributed by atoms with Crippen molar-refractivity contribution in [1.82, 2.24) is 4.57 Å². The van der Waals surface area contributed by atoms with E-state index in [1.54, 1.807) is 33.8 Å². The molecule has 0 spiro atoms. The summed E-state index contributed by atoms with van der Waals surface area (Å²) in [6.07, 6.45) is -5.46. The summed E-state index contributed by atoms with van der Waals surface area (Å²) in [6.45, 7) is 6.62. The third-order valence-corrected chi connectivity index (χ3v) is 4.30. The molecule has 1 aromatic heterocycles. The number of carbonyl (C=O) groups excluding carboxylic acids is 1. The first-order valence-corrected chi connectivity index (χ1v) is 8.82. The van der Waals surface area contributed by atoms with Gasteiger partial charge in [-0.1, -0.05) is 18.2 Å². The summed E-state index contributed by atoms with van der Waals surface area (Å²) in [5.41, 5.74) is -1.01. The van der Waals surface area contributed by atoms with Gasteiger partial charge in [-0.25, -0.2) is 9.36 Å². The van der Waals surface area contributed by atoms with Crippen LogP contribution in [0.3, 0.4) is 0 Å². The van der Waals surface area contributed by atoms with E-state index in [0.717, 1.165) is 10.6 Å². The van der Waals surface area contributed by atoms with Crippen LogP contribution in [0.2, 0.25) is 0 Å². The number of ether oxygens (including phenoxy) is 1. The minimum atomic E-state index is -4.61. The average molecular weight is 404 g/mol. The van der Waals surface area contributed by atoms with Crippen LogP contribution in [0.25, 0.3) is 22.2 Å². The normalized spacial score (nSPS) is 12.2. The quantitative estimate of drug-likeness (QED) is 0.441. The molecular formula is C21H19F3N2O3. The van der Waals surface area contributed by atoms with Gasteiger partial charge in [0.15, 0.2) is 0 Å². The molecule has 0 fully saturated rings. The van der Waals surface area contributed by atoms with Gasteiger partial charge in [-0.3, -0.25) is 0 Å². The van der Waals surface area contributed by atoms with Crippen LogP contribution < -0.4 is 0 Å². The van der Waals surface area contributed by atoms with E-state index in [1.807, 2.05) is 0 Å². The SMILES string of the molecule is Cc1cc2cc(-c3ccccc3C(F)(F)F)n(C(=O)OC(C)(C)C)c2cc1N=O. The predicted molar refractivity (Wildman–Crippen MR) is 104 cm³/mol. The van der Waals surface area contributed by atoms with Crippen molar-refractivity contribution < 1.29 is 22.7 Å². The summed E-state index contributed by atoms with van der Waals surface area (Å²) < 4.78 is 47.3. The van der Waals surface area contributed by atoms with Crippen LogP contribution in [0.4, 0.5) is 23.7 Å². The van der Waals surface area contributed by atoms with E-state index in [4.69, 9.17) is 4.74 Å². The average Bonchev–Trinajstić information content (AvgIpc) is 2.96. The molecule has 0 aliphatic carbocycles. The third kappa shape index (κ3) is 4.01. The van der Waals surface area contributed by atoms with E-state index in [0.29, 0.717) is 10.9 Å². The van der Waals surface area contributed by atoms with Gasteiger partial charge in [-0.15, -0.1) is 4.91 Å². The fraction of sp³-hybridized carbons (Fsp3) is 0.286. The van der Waals surface area contributed by atoms with Crippen LogP contribution in [0, 0.1) is 11.8 Å². The van der Waals surface area contributed by atoms with E-state index in [1.165, 1.54) is 30.3 Å². The molecule has 0 radical (unpaired) electrons. The van der Waals surface area contributed by atoms with Crippen LogP contribution in [0.15, 0.2) is 47.6 Å². The molecule has 8 heteroatoms. The molecule has 0 saturated heterocycles. The van der Waals surface area contributed by atoms with Crippen molar-refractivity contribution >= 4 is 22.7 Å². The smallest absolute Gasteiger partial charge is 0.419 e. The molecule has 3 rings (SSSR count). The van der Waals surface area contributed by atoms with Crippen molar-refractivity contribution in [3.63, 3.8) is 0 Å². The second-order valence-corrected chi connectivity index (χ2v) is 7.68. The summed E-state index contributed by atoms with van der Waals surface area (Å²) >= 11 is 0. The number of halogens is 3. The van der Waals surface area contributed by atoms with Crippen LogP contribution in [0.1, 0.15) is 31.9 Å². The third-order valence-electron chi connectivity index (χ3n) is 4.30. The summed E-state index contributed by atoms with van der Waals surface area (Å²) in [6, 6.07) is 9.45. The number of aromatic nitrogens is 1. The molecule has 29 heavy (non-hydrogen) atoms. The number of alkyl halides is 3. The largest absolute Gasteiger partial charge is 0.443 e. The molecule has 0 aliphatic heterocycles. The van der Waals surface area contributed by atoms with E-state index < -0.39 is 23.4 Å². The minimum absolute atomic E-state index is 0.0182. The fourth-order valence-corrected chi connectivity index (χ4v) is 3.11. The Morgan fingerprint density at radius 3 is 2.31 bits per heavy atom. The van der Waals surface area contributed by atoms with Crippen LogP contribution in [-0.4, -0.2) is 16.3 Å². The van der Waals surface area contributed by atoms with Crippen molar-refractivity contribution in [3.05, 3.63) is 58.5 Å². The topological polar surface area (TPSA) is 60.7 Å². The highest BCUT2D eigenvalue weighted by Gasteiger charge is 2.35. The summed E-state index contributed by atoms with van der Waals surface area (Å²) in [4.78, 5) is 24.0. The molecule has 0 saturated carbocycles. The molecule has 0 amide bonds. The van der Waals surface area contributed by atoms with Gasteiger partial charge >= 0.3 is 12.3 Å². The number of benzene rings is 2. The minimum Gasteiger partial charge on any atom is -0.443 e. The maximum atomic E-state index is 13.6. The first-order chi connectivity index (χ1) is 13.4. The maximum Gasteiger partial charge on any atom is 0.419 e. The first-order valence-electron chi connectivity index (χ1n) is 8.82. The van der Waals surface area contributed by atoms with Crippen LogP contribution in [-0.2, 0) is 10.9 Å². The summed E-state index contributed by atoms with van der Waals surface area (Å²) in [7, 11) is 0. The van der Waals surface area contributed by atoms with E-state index in [2.05, 4.69) is 5.18 Å². The van der Waals surface area contributed by atoms with Crippen LogP contribution in [0.5, 0.6) is 0 Å². The van der Waals surface area contributed by atoms with Crippen molar-refractivity contribution in [2.75, 3.05) is 0 Å². The van der Waals surface area contributed by atoms with Gasteiger partial charge in [0.2, 0.25) is 0 Å². The number of nitroso groups, excluding NO2 is 1. The van der Waals surface area contributed by atoms with Crippen LogP contribution >= 0.6 is 0 Å². The Hall–Kier alpha value is -3.16. The molecule has 0 atom stereocenters. The molecule has 2 aromatic carbocycles. The Morgan fingerprint density at radius 1 is 1.07 bits per heavy atom. The first kappa shape index (κ1) is 20.6. The van der Waals surface area contributed by atoms with Gasteiger partial charge in [-0.2, -0.15) is 13.2 Å². The second-order valence-electron chi connectivity index (χ2n) is 7.68. The highest BCUT2D eigenvalue weighted by molar-refractivity contribution is 5.98. The molecule has 0 N–H and O–H groups in total. The monoisotopic (exact) mass is 404 g/mol. The number of hydrogen-bond donors (Lipinski definition) is 0. The van der Waals surface area contributed by atoms with Gasteiger partial charge in [0.25, 0.3) is 0 Å². The maximum absolute atomic E-state index is 13.6. The van der Waals surface area contributed by atoms with Gasteiger partial charge in [0.05, 0.1) is 16.8 Å². The zero-order valence-corrected chi connectivity index (χ0v) is 16.3. The molecule has 5 nitrogen and oxygen atoms in total.